The van der Waals surface area contributed by atoms with Crippen molar-refractivity contribution in [2.24, 2.45) is 0 Å². The van der Waals surface area contributed by atoms with Crippen LogP contribution in [-0.2, 0) is 16.1 Å². The minimum absolute atomic E-state index is 0.00723. The van der Waals surface area contributed by atoms with E-state index in [9.17, 15) is 10.1 Å². The van der Waals surface area contributed by atoms with Crippen molar-refractivity contribution in [3.8, 4) is 0 Å². The standard InChI is InChI=1S/C15H24N2O4/c1-4-8-16-14-9-13(6-7-15(14)17(18)19)11-21-12(3)10-20-5-2/h6-7,9,12,16H,4-5,8,10-11H2,1-3H3. The second-order valence-electron chi connectivity index (χ2n) is 4.82. The summed E-state index contributed by atoms with van der Waals surface area (Å²) in [6.07, 6.45) is 0.899. The summed E-state index contributed by atoms with van der Waals surface area (Å²) in [6, 6.07) is 5.02. The van der Waals surface area contributed by atoms with E-state index < -0.39 is 0 Å². The Kier molecular flexibility index (Phi) is 7.71. The van der Waals surface area contributed by atoms with Gasteiger partial charge in [-0.1, -0.05) is 6.92 Å². The quantitative estimate of drug-likeness (QED) is 0.529. The topological polar surface area (TPSA) is 73.6 Å². The number of nitrogens with one attached hydrogen (secondary N) is 1. The van der Waals surface area contributed by atoms with Gasteiger partial charge in [-0.2, -0.15) is 0 Å². The molecule has 1 unspecified atom stereocenters. The van der Waals surface area contributed by atoms with Crippen molar-refractivity contribution < 1.29 is 14.4 Å². The molecule has 0 aromatic heterocycles. The second-order valence-corrected chi connectivity index (χ2v) is 4.82. The van der Waals surface area contributed by atoms with Crippen LogP contribution >= 0.6 is 0 Å². The highest BCUT2D eigenvalue weighted by Gasteiger charge is 2.14. The third kappa shape index (κ3) is 6.10. The van der Waals surface area contributed by atoms with Crippen LogP contribution in [0.25, 0.3) is 0 Å². The zero-order valence-corrected chi connectivity index (χ0v) is 12.9. The molecule has 0 bridgehead atoms. The number of nitrogens with zero attached hydrogens (tertiary/aromatic N) is 1. The van der Waals surface area contributed by atoms with Crippen LogP contribution in [-0.4, -0.2) is 30.8 Å². The predicted octanol–water partition coefficient (Wildman–Crippen LogP) is 3.36. The zero-order valence-electron chi connectivity index (χ0n) is 12.9. The van der Waals surface area contributed by atoms with Gasteiger partial charge >= 0.3 is 0 Å². The average Bonchev–Trinajstić information content (AvgIpc) is 2.48. The van der Waals surface area contributed by atoms with Crippen molar-refractivity contribution >= 4 is 11.4 Å². The molecular weight excluding hydrogens is 272 g/mol. The summed E-state index contributed by atoms with van der Waals surface area (Å²) in [5, 5.41) is 14.1. The van der Waals surface area contributed by atoms with Gasteiger partial charge < -0.3 is 14.8 Å². The van der Waals surface area contributed by atoms with Crippen LogP contribution in [0.3, 0.4) is 0 Å². The molecule has 0 fully saturated rings. The maximum absolute atomic E-state index is 11.0. The Labute approximate surface area is 125 Å². The Morgan fingerprint density at radius 3 is 2.76 bits per heavy atom. The highest BCUT2D eigenvalue weighted by molar-refractivity contribution is 5.62. The highest BCUT2D eigenvalue weighted by atomic mass is 16.6. The van der Waals surface area contributed by atoms with Gasteiger partial charge in [0.15, 0.2) is 0 Å². The molecule has 1 aromatic carbocycles. The fourth-order valence-electron chi connectivity index (χ4n) is 1.80. The van der Waals surface area contributed by atoms with E-state index in [-0.39, 0.29) is 16.7 Å². The lowest BCUT2D eigenvalue weighted by molar-refractivity contribution is -0.384. The maximum Gasteiger partial charge on any atom is 0.292 e. The maximum atomic E-state index is 11.0. The van der Waals surface area contributed by atoms with Crippen molar-refractivity contribution in [3.63, 3.8) is 0 Å². The van der Waals surface area contributed by atoms with Gasteiger partial charge in [-0.15, -0.1) is 0 Å². The summed E-state index contributed by atoms with van der Waals surface area (Å²) < 4.78 is 11.0. The molecule has 0 saturated heterocycles. The summed E-state index contributed by atoms with van der Waals surface area (Å²) in [6.45, 7) is 8.22. The van der Waals surface area contributed by atoms with Crippen LogP contribution in [0, 0.1) is 10.1 Å². The first-order valence-electron chi connectivity index (χ1n) is 7.29. The van der Waals surface area contributed by atoms with Gasteiger partial charge in [0.05, 0.1) is 24.2 Å². The number of ether oxygens (including phenoxy) is 2. The number of nitro benzene ring substituents is 1. The molecule has 0 amide bonds. The second kappa shape index (κ2) is 9.31. The SMILES string of the molecule is CCCNc1cc(COC(C)COCC)ccc1[N+](=O)[O-]. The molecule has 0 aliphatic carbocycles. The molecule has 0 saturated carbocycles. The van der Waals surface area contributed by atoms with Crippen molar-refractivity contribution in [1.29, 1.82) is 0 Å². The fourth-order valence-corrected chi connectivity index (χ4v) is 1.80. The summed E-state index contributed by atoms with van der Waals surface area (Å²) in [5.41, 5.74) is 1.54. The minimum Gasteiger partial charge on any atom is -0.379 e. The monoisotopic (exact) mass is 296 g/mol. The molecule has 6 heteroatoms. The first kappa shape index (κ1) is 17.4. The highest BCUT2D eigenvalue weighted by Crippen LogP contribution is 2.26. The van der Waals surface area contributed by atoms with Crippen LogP contribution in [0.5, 0.6) is 0 Å². The summed E-state index contributed by atoms with van der Waals surface area (Å²) in [4.78, 5) is 10.6. The lowest BCUT2D eigenvalue weighted by Crippen LogP contribution is -2.15. The van der Waals surface area contributed by atoms with E-state index in [1.807, 2.05) is 20.8 Å². The fraction of sp³-hybridized carbons (Fsp3) is 0.600. The lowest BCUT2D eigenvalue weighted by Gasteiger charge is -2.14. The van der Waals surface area contributed by atoms with E-state index in [0.29, 0.717) is 32.1 Å². The number of benzene rings is 1. The third-order valence-electron chi connectivity index (χ3n) is 2.91. The van der Waals surface area contributed by atoms with E-state index in [2.05, 4.69) is 5.32 Å². The van der Waals surface area contributed by atoms with Crippen molar-refractivity contribution in [1.82, 2.24) is 0 Å². The van der Waals surface area contributed by atoms with Crippen LogP contribution in [0.4, 0.5) is 11.4 Å². The Morgan fingerprint density at radius 2 is 2.14 bits per heavy atom. The summed E-state index contributed by atoms with van der Waals surface area (Å²) in [7, 11) is 0. The number of anilines is 1. The van der Waals surface area contributed by atoms with Gasteiger partial charge in [-0.25, -0.2) is 0 Å². The molecule has 1 N–H and O–H groups in total. The molecule has 0 radical (unpaired) electrons. The Bertz CT molecular complexity index is 451. The molecule has 1 rings (SSSR count). The van der Waals surface area contributed by atoms with Gasteiger partial charge in [0, 0.05) is 19.2 Å². The van der Waals surface area contributed by atoms with Crippen LogP contribution in [0.2, 0.25) is 0 Å². The largest absolute Gasteiger partial charge is 0.379 e. The molecule has 0 spiro atoms. The first-order chi connectivity index (χ1) is 10.1. The lowest BCUT2D eigenvalue weighted by atomic mass is 10.1. The summed E-state index contributed by atoms with van der Waals surface area (Å²) in [5.74, 6) is 0. The van der Waals surface area contributed by atoms with E-state index >= 15 is 0 Å². The van der Waals surface area contributed by atoms with E-state index in [1.54, 1.807) is 12.1 Å². The average molecular weight is 296 g/mol. The Hall–Kier alpha value is -1.66. The third-order valence-corrected chi connectivity index (χ3v) is 2.91. The molecule has 118 valence electrons. The molecule has 0 aliphatic heterocycles. The number of hydrogen-bond acceptors (Lipinski definition) is 5. The normalized spacial score (nSPS) is 12.1. The zero-order chi connectivity index (χ0) is 15.7. The minimum atomic E-state index is -0.375. The van der Waals surface area contributed by atoms with Crippen molar-refractivity contribution in [2.75, 3.05) is 25.1 Å². The van der Waals surface area contributed by atoms with Crippen molar-refractivity contribution in [3.05, 3.63) is 33.9 Å². The molecular formula is C15H24N2O4. The number of hydrogen-bond donors (Lipinski definition) is 1. The van der Waals surface area contributed by atoms with Crippen LogP contribution < -0.4 is 5.32 Å². The van der Waals surface area contributed by atoms with Crippen molar-refractivity contribution in [2.45, 2.75) is 39.9 Å². The van der Waals surface area contributed by atoms with Gasteiger partial charge in [0.2, 0.25) is 0 Å². The first-order valence-corrected chi connectivity index (χ1v) is 7.29. The van der Waals surface area contributed by atoms with Gasteiger partial charge in [-0.3, -0.25) is 10.1 Å². The molecule has 0 heterocycles. The van der Waals surface area contributed by atoms with E-state index in [1.165, 1.54) is 6.07 Å². The van der Waals surface area contributed by atoms with Gasteiger partial charge in [0.25, 0.3) is 5.69 Å². The van der Waals surface area contributed by atoms with Crippen LogP contribution in [0.1, 0.15) is 32.8 Å². The van der Waals surface area contributed by atoms with Crippen LogP contribution in [0.15, 0.2) is 18.2 Å². The molecule has 6 nitrogen and oxygen atoms in total. The molecule has 0 aliphatic rings. The molecule has 1 atom stereocenters. The number of nitro groups is 1. The molecule has 1 aromatic rings. The smallest absolute Gasteiger partial charge is 0.292 e. The van der Waals surface area contributed by atoms with Gasteiger partial charge in [0.1, 0.15) is 5.69 Å². The predicted molar refractivity (Wildman–Crippen MR) is 82.6 cm³/mol. The Balaban J connectivity index is 2.68. The summed E-state index contributed by atoms with van der Waals surface area (Å²) >= 11 is 0. The van der Waals surface area contributed by atoms with E-state index in [4.69, 9.17) is 9.47 Å². The number of rotatable bonds is 10. The Morgan fingerprint density at radius 1 is 1.38 bits per heavy atom. The van der Waals surface area contributed by atoms with Gasteiger partial charge in [-0.05, 0) is 38.0 Å². The molecule has 21 heavy (non-hydrogen) atoms. The van der Waals surface area contributed by atoms with E-state index in [0.717, 1.165) is 12.0 Å².